The molecule has 0 saturated carbocycles. The fourth-order valence-electron chi connectivity index (χ4n) is 2.22. The maximum atomic E-state index is 5.34. The first-order valence-electron chi connectivity index (χ1n) is 7.45. The van der Waals surface area contributed by atoms with Gasteiger partial charge in [-0.15, -0.1) is 0 Å². The first-order valence-corrected chi connectivity index (χ1v) is 7.86. The highest BCUT2D eigenvalue weighted by Gasteiger charge is 2.13. The number of ether oxygens (including phenoxy) is 4. The predicted octanol–water partition coefficient (Wildman–Crippen LogP) is 2.60. The smallest absolute Gasteiger partial charge is 0.203 e. The van der Waals surface area contributed by atoms with Crippen molar-refractivity contribution >= 4 is 23.1 Å². The molecule has 1 aromatic heterocycles. The summed E-state index contributed by atoms with van der Waals surface area (Å²) in [6.07, 6.45) is 1.66. The van der Waals surface area contributed by atoms with E-state index >= 15 is 0 Å². The molecule has 0 saturated heterocycles. The molecule has 1 aromatic carbocycles. The molecular formula is C17H21N3O4S. The second-order valence-corrected chi connectivity index (χ2v) is 5.30. The average molecular weight is 363 g/mol. The predicted molar refractivity (Wildman–Crippen MR) is 99.9 cm³/mol. The van der Waals surface area contributed by atoms with Crippen LogP contribution < -0.4 is 29.6 Å². The lowest BCUT2D eigenvalue weighted by atomic mass is 10.2. The number of nitrogens with one attached hydrogen (secondary N) is 2. The van der Waals surface area contributed by atoms with Crippen molar-refractivity contribution in [3.63, 3.8) is 0 Å². The normalized spacial score (nSPS) is 9.92. The second kappa shape index (κ2) is 8.93. The van der Waals surface area contributed by atoms with Crippen LogP contribution in [0.5, 0.6) is 23.0 Å². The number of rotatable bonds is 7. The van der Waals surface area contributed by atoms with E-state index in [-0.39, 0.29) is 0 Å². The fourth-order valence-corrected chi connectivity index (χ4v) is 2.39. The maximum absolute atomic E-state index is 5.34. The first kappa shape index (κ1) is 18.6. The highest BCUT2D eigenvalue weighted by molar-refractivity contribution is 7.80. The van der Waals surface area contributed by atoms with Gasteiger partial charge in [-0.25, -0.2) is 4.98 Å². The summed E-state index contributed by atoms with van der Waals surface area (Å²) in [5.41, 5.74) is 0.923. The summed E-state index contributed by atoms with van der Waals surface area (Å²) in [6, 6.07) is 7.31. The molecule has 2 aromatic rings. The number of benzene rings is 1. The Morgan fingerprint density at radius 1 is 1.00 bits per heavy atom. The maximum Gasteiger partial charge on any atom is 0.203 e. The fraction of sp³-hybridized carbons (Fsp3) is 0.294. The van der Waals surface area contributed by atoms with Crippen LogP contribution >= 0.6 is 12.2 Å². The molecule has 0 aliphatic carbocycles. The molecular weight excluding hydrogens is 342 g/mol. The summed E-state index contributed by atoms with van der Waals surface area (Å²) in [7, 11) is 6.30. The minimum atomic E-state index is 0.422. The molecule has 0 aliphatic heterocycles. The van der Waals surface area contributed by atoms with Crippen molar-refractivity contribution in [2.45, 2.75) is 6.54 Å². The number of hydrogen-bond acceptors (Lipinski definition) is 6. The van der Waals surface area contributed by atoms with Gasteiger partial charge in [0.05, 0.1) is 28.4 Å². The number of methoxy groups -OCH3 is 4. The molecule has 0 atom stereocenters. The summed E-state index contributed by atoms with van der Waals surface area (Å²) < 4.78 is 21.2. The van der Waals surface area contributed by atoms with E-state index in [2.05, 4.69) is 15.6 Å². The lowest BCUT2D eigenvalue weighted by Gasteiger charge is -2.15. The molecule has 7 nitrogen and oxygen atoms in total. The van der Waals surface area contributed by atoms with Crippen LogP contribution in [0.1, 0.15) is 5.56 Å². The lowest BCUT2D eigenvalue weighted by Crippen LogP contribution is -2.28. The van der Waals surface area contributed by atoms with Crippen LogP contribution in [0.4, 0.5) is 5.82 Å². The highest BCUT2D eigenvalue weighted by atomic mass is 32.1. The number of aromatic nitrogens is 1. The van der Waals surface area contributed by atoms with Gasteiger partial charge in [0.2, 0.25) is 5.75 Å². The minimum absolute atomic E-state index is 0.422. The summed E-state index contributed by atoms with van der Waals surface area (Å²) in [4.78, 5) is 4.20. The van der Waals surface area contributed by atoms with Gasteiger partial charge < -0.3 is 29.6 Å². The van der Waals surface area contributed by atoms with Crippen molar-refractivity contribution in [1.82, 2.24) is 10.3 Å². The molecule has 0 radical (unpaired) electrons. The molecule has 0 unspecified atom stereocenters. The number of thiocarbonyl (C=S) groups is 1. The zero-order chi connectivity index (χ0) is 18.2. The standard InChI is InChI=1S/C17H21N3O4S/c1-21-12-6-5-7-18-16(12)20-17(25)19-10-11-8-13(22-2)15(24-4)14(9-11)23-3/h5-9H,10H2,1-4H3,(H2,18,19,20,25). The quantitative estimate of drug-likeness (QED) is 0.727. The van der Waals surface area contributed by atoms with Gasteiger partial charge in [0.1, 0.15) is 0 Å². The van der Waals surface area contributed by atoms with Crippen LogP contribution in [0, 0.1) is 0 Å². The molecule has 134 valence electrons. The van der Waals surface area contributed by atoms with E-state index in [0.717, 1.165) is 5.56 Å². The summed E-state index contributed by atoms with van der Waals surface area (Å²) in [6.45, 7) is 0.470. The van der Waals surface area contributed by atoms with Crippen molar-refractivity contribution in [1.29, 1.82) is 0 Å². The van der Waals surface area contributed by atoms with E-state index in [4.69, 9.17) is 31.2 Å². The molecule has 0 spiro atoms. The van der Waals surface area contributed by atoms with Crippen LogP contribution in [0.15, 0.2) is 30.5 Å². The number of nitrogens with zero attached hydrogens (tertiary/aromatic N) is 1. The van der Waals surface area contributed by atoms with E-state index < -0.39 is 0 Å². The van der Waals surface area contributed by atoms with Crippen molar-refractivity contribution in [3.05, 3.63) is 36.0 Å². The molecule has 0 fully saturated rings. The Hall–Kier alpha value is -2.74. The number of hydrogen-bond donors (Lipinski definition) is 2. The Labute approximate surface area is 152 Å². The third kappa shape index (κ3) is 4.63. The van der Waals surface area contributed by atoms with E-state index in [0.29, 0.717) is 40.5 Å². The van der Waals surface area contributed by atoms with E-state index in [9.17, 15) is 0 Å². The highest BCUT2D eigenvalue weighted by Crippen LogP contribution is 2.38. The molecule has 25 heavy (non-hydrogen) atoms. The van der Waals surface area contributed by atoms with Gasteiger partial charge in [-0.1, -0.05) is 0 Å². The zero-order valence-electron chi connectivity index (χ0n) is 14.6. The summed E-state index contributed by atoms with van der Waals surface area (Å²) >= 11 is 5.31. The number of pyridine rings is 1. The van der Waals surface area contributed by atoms with Gasteiger partial charge in [0, 0.05) is 12.7 Å². The van der Waals surface area contributed by atoms with Crippen LogP contribution in [-0.2, 0) is 6.54 Å². The minimum Gasteiger partial charge on any atom is -0.493 e. The van der Waals surface area contributed by atoms with Gasteiger partial charge in [-0.3, -0.25) is 0 Å². The Kier molecular flexibility index (Phi) is 6.64. The van der Waals surface area contributed by atoms with Gasteiger partial charge >= 0.3 is 0 Å². The molecule has 2 rings (SSSR count). The first-order chi connectivity index (χ1) is 12.1. The zero-order valence-corrected chi connectivity index (χ0v) is 15.4. The van der Waals surface area contributed by atoms with Gasteiger partial charge in [-0.05, 0) is 42.0 Å². The van der Waals surface area contributed by atoms with Crippen LogP contribution in [0.25, 0.3) is 0 Å². The Morgan fingerprint density at radius 2 is 1.64 bits per heavy atom. The Bertz CT molecular complexity index is 715. The van der Waals surface area contributed by atoms with Gasteiger partial charge in [0.15, 0.2) is 28.2 Å². The molecule has 0 bridgehead atoms. The van der Waals surface area contributed by atoms with Crippen molar-refractivity contribution < 1.29 is 18.9 Å². The van der Waals surface area contributed by atoms with Gasteiger partial charge in [-0.2, -0.15) is 0 Å². The van der Waals surface area contributed by atoms with Crippen LogP contribution in [0.3, 0.4) is 0 Å². The Morgan fingerprint density at radius 3 is 2.20 bits per heavy atom. The molecule has 0 amide bonds. The van der Waals surface area contributed by atoms with Crippen molar-refractivity contribution in [3.8, 4) is 23.0 Å². The Balaban J connectivity index is 2.06. The van der Waals surface area contributed by atoms with E-state index in [1.54, 1.807) is 46.8 Å². The van der Waals surface area contributed by atoms with E-state index in [1.807, 2.05) is 12.1 Å². The van der Waals surface area contributed by atoms with E-state index in [1.165, 1.54) is 0 Å². The number of anilines is 1. The summed E-state index contributed by atoms with van der Waals surface area (Å²) in [5.74, 6) is 2.88. The SMILES string of the molecule is COc1cccnc1NC(=S)NCc1cc(OC)c(OC)c(OC)c1. The third-order valence-electron chi connectivity index (χ3n) is 3.40. The lowest BCUT2D eigenvalue weighted by molar-refractivity contribution is 0.323. The second-order valence-electron chi connectivity index (χ2n) is 4.90. The van der Waals surface area contributed by atoms with Crippen molar-refractivity contribution in [2.75, 3.05) is 33.8 Å². The topological polar surface area (TPSA) is 73.9 Å². The van der Waals surface area contributed by atoms with Crippen LogP contribution in [-0.4, -0.2) is 38.5 Å². The molecule has 1 heterocycles. The monoisotopic (exact) mass is 363 g/mol. The van der Waals surface area contributed by atoms with Gasteiger partial charge in [0.25, 0.3) is 0 Å². The van der Waals surface area contributed by atoms with Crippen molar-refractivity contribution in [2.24, 2.45) is 0 Å². The average Bonchev–Trinajstić information content (AvgIpc) is 2.65. The summed E-state index contributed by atoms with van der Waals surface area (Å²) in [5, 5.41) is 6.54. The molecule has 0 aliphatic rings. The molecule has 2 N–H and O–H groups in total. The molecule has 8 heteroatoms. The third-order valence-corrected chi connectivity index (χ3v) is 3.65. The van der Waals surface area contributed by atoms with Crippen LogP contribution in [0.2, 0.25) is 0 Å². The largest absolute Gasteiger partial charge is 0.493 e.